The minimum atomic E-state index is -0.122. The summed E-state index contributed by atoms with van der Waals surface area (Å²) in [4.78, 5) is 10.9. The van der Waals surface area contributed by atoms with Crippen LogP contribution in [-0.2, 0) is 4.79 Å². The molecule has 4 rings (SSSR count). The molecule has 0 atom stereocenters. The molecule has 1 amide bonds. The van der Waals surface area contributed by atoms with E-state index in [9.17, 15) is 15.0 Å². The van der Waals surface area contributed by atoms with E-state index >= 15 is 0 Å². The van der Waals surface area contributed by atoms with Crippen LogP contribution in [0.5, 0.6) is 11.5 Å². The summed E-state index contributed by atoms with van der Waals surface area (Å²) >= 11 is 4.97. The van der Waals surface area contributed by atoms with Crippen molar-refractivity contribution < 1.29 is 15.0 Å². The minimum Gasteiger partial charge on any atom is -0.508 e. The monoisotopic (exact) mass is 505 g/mol. The smallest absolute Gasteiger partial charge is 0.242 e. The normalized spacial score (nSPS) is 10.6. The van der Waals surface area contributed by atoms with Gasteiger partial charge in [-0.25, -0.2) is 4.68 Å². The van der Waals surface area contributed by atoms with Crippen molar-refractivity contribution in [3.8, 4) is 17.2 Å². The molecule has 0 saturated carbocycles. The van der Waals surface area contributed by atoms with Crippen LogP contribution in [0.4, 0.5) is 5.69 Å². The van der Waals surface area contributed by atoms with E-state index in [4.69, 9.17) is 12.2 Å². The Balaban J connectivity index is 0.000000205. The maximum absolute atomic E-state index is 10.9. The van der Waals surface area contributed by atoms with Gasteiger partial charge in [-0.2, -0.15) is 5.21 Å². The molecule has 0 aliphatic rings. The summed E-state index contributed by atoms with van der Waals surface area (Å²) in [7, 11) is 0. The van der Waals surface area contributed by atoms with Crippen LogP contribution < -0.4 is 5.32 Å². The van der Waals surface area contributed by atoms with Gasteiger partial charge in [0.1, 0.15) is 11.5 Å². The molecule has 8 nitrogen and oxygen atoms in total. The lowest BCUT2D eigenvalue weighted by Crippen LogP contribution is -2.06. The van der Waals surface area contributed by atoms with E-state index in [0.29, 0.717) is 22.0 Å². The van der Waals surface area contributed by atoms with Gasteiger partial charge < -0.3 is 15.5 Å². The van der Waals surface area contributed by atoms with Gasteiger partial charge in [0.2, 0.25) is 10.7 Å². The lowest BCUT2D eigenvalue weighted by molar-refractivity contribution is -0.114. The molecular formula is C27H31N5O3S. The first-order valence-electron chi connectivity index (χ1n) is 11.5. The predicted molar refractivity (Wildman–Crippen MR) is 144 cm³/mol. The van der Waals surface area contributed by atoms with Crippen molar-refractivity contribution in [1.82, 2.24) is 20.2 Å². The summed E-state index contributed by atoms with van der Waals surface area (Å²) in [5.74, 6) is 0.797. The van der Waals surface area contributed by atoms with Crippen LogP contribution in [0.3, 0.4) is 0 Å². The number of phenols is 2. The number of nitrogens with one attached hydrogen (secondary N) is 2. The highest BCUT2D eigenvalue weighted by molar-refractivity contribution is 7.71. The molecule has 0 aliphatic heterocycles. The van der Waals surface area contributed by atoms with E-state index in [-0.39, 0.29) is 11.8 Å². The Bertz CT molecular complexity index is 1400. The molecule has 0 aliphatic carbocycles. The molecule has 36 heavy (non-hydrogen) atoms. The van der Waals surface area contributed by atoms with Gasteiger partial charge in [0.05, 0.1) is 5.69 Å². The standard InChI is InChI=1S/C18H22O2.C9H9N5OS/c1-10-8-17(19)12(3)6-15(10)14(5)16-7-13(4)18(20)9-11(16)2;1-6(15)10-7-3-2-4-8(5-7)14-9(16)11-12-13-14/h6-9,14,19-20H,1-5H3;2-5H,1H3,(H,10,15)(H,11,13,16). The number of benzene rings is 3. The minimum absolute atomic E-state index is 0.122. The molecule has 0 radical (unpaired) electrons. The van der Waals surface area contributed by atoms with Crippen molar-refractivity contribution in [2.24, 2.45) is 0 Å². The number of hydrogen-bond acceptors (Lipinski definition) is 6. The lowest BCUT2D eigenvalue weighted by Gasteiger charge is -2.20. The number of hydrogen-bond donors (Lipinski definition) is 4. The fourth-order valence-corrected chi connectivity index (χ4v) is 4.23. The molecule has 4 aromatic rings. The SMILES string of the molecule is CC(=O)Nc1cccc(-n2[nH]nnc2=S)c1.Cc1cc(C(C)c2cc(C)c(O)cc2C)c(C)cc1O. The van der Waals surface area contributed by atoms with Gasteiger partial charge in [0, 0.05) is 18.5 Å². The Kier molecular flexibility index (Phi) is 8.26. The third-order valence-electron chi connectivity index (χ3n) is 6.00. The third-order valence-corrected chi connectivity index (χ3v) is 6.26. The Morgan fingerprint density at radius 3 is 1.97 bits per heavy atom. The van der Waals surface area contributed by atoms with Gasteiger partial charge in [-0.05, 0) is 104 Å². The number of nitrogens with zero attached hydrogens (tertiary/aromatic N) is 3. The third kappa shape index (κ3) is 6.17. The zero-order valence-electron chi connectivity index (χ0n) is 21.2. The summed E-state index contributed by atoms with van der Waals surface area (Å²) in [6.45, 7) is 11.5. The van der Waals surface area contributed by atoms with Crippen LogP contribution in [0.15, 0.2) is 48.5 Å². The van der Waals surface area contributed by atoms with Crippen LogP contribution in [0, 0.1) is 32.5 Å². The number of aromatic amines is 1. The van der Waals surface area contributed by atoms with Gasteiger partial charge in [-0.15, -0.1) is 0 Å². The number of aromatic nitrogens is 4. The zero-order chi connectivity index (χ0) is 26.6. The molecule has 0 unspecified atom stereocenters. The lowest BCUT2D eigenvalue weighted by atomic mass is 9.86. The van der Waals surface area contributed by atoms with Crippen LogP contribution in [0.1, 0.15) is 53.1 Å². The van der Waals surface area contributed by atoms with Gasteiger partial charge in [-0.3, -0.25) is 4.79 Å². The molecule has 0 bridgehead atoms. The number of phenolic OH excluding ortho intramolecular Hbond substituents is 2. The van der Waals surface area contributed by atoms with Crippen LogP contribution in [-0.4, -0.2) is 36.3 Å². The number of rotatable bonds is 4. The number of aryl methyl sites for hydroxylation is 4. The Morgan fingerprint density at radius 1 is 0.944 bits per heavy atom. The first-order chi connectivity index (χ1) is 17.0. The molecule has 188 valence electrons. The molecule has 3 aromatic carbocycles. The Morgan fingerprint density at radius 2 is 1.50 bits per heavy atom. The summed E-state index contributed by atoms with van der Waals surface area (Å²) in [6.07, 6.45) is 0. The topological polar surface area (TPSA) is 116 Å². The second kappa shape index (κ2) is 11.2. The Labute approximate surface area is 215 Å². The van der Waals surface area contributed by atoms with E-state index in [2.05, 4.69) is 39.9 Å². The quantitative estimate of drug-likeness (QED) is 0.262. The summed E-state index contributed by atoms with van der Waals surface area (Å²) in [6, 6.07) is 15.0. The summed E-state index contributed by atoms with van der Waals surface area (Å²) < 4.78 is 1.88. The number of aromatic hydroxyl groups is 2. The van der Waals surface area contributed by atoms with E-state index in [1.807, 2.05) is 52.0 Å². The van der Waals surface area contributed by atoms with Crippen molar-refractivity contribution in [1.29, 1.82) is 0 Å². The van der Waals surface area contributed by atoms with E-state index in [0.717, 1.165) is 27.9 Å². The highest BCUT2D eigenvalue weighted by atomic mass is 32.1. The average molecular weight is 506 g/mol. The summed E-state index contributed by atoms with van der Waals surface area (Å²) in [5, 5.41) is 32.1. The molecule has 9 heteroatoms. The number of anilines is 1. The Hall–Kier alpha value is -3.98. The number of H-pyrrole nitrogens is 1. The number of carbonyl (C=O) groups excluding carboxylic acids is 1. The largest absolute Gasteiger partial charge is 0.508 e. The average Bonchev–Trinajstić information content (AvgIpc) is 3.24. The summed E-state index contributed by atoms with van der Waals surface area (Å²) in [5.41, 5.74) is 7.86. The number of carbonyl (C=O) groups is 1. The predicted octanol–water partition coefficient (Wildman–Crippen LogP) is 5.77. The van der Waals surface area contributed by atoms with Crippen LogP contribution >= 0.6 is 12.2 Å². The first kappa shape index (κ1) is 26.6. The van der Waals surface area contributed by atoms with E-state index in [1.165, 1.54) is 18.1 Å². The molecule has 0 spiro atoms. The molecule has 0 fully saturated rings. The maximum atomic E-state index is 10.9. The van der Waals surface area contributed by atoms with Gasteiger partial charge in [0.15, 0.2) is 0 Å². The molecule has 4 N–H and O–H groups in total. The maximum Gasteiger partial charge on any atom is 0.242 e. The highest BCUT2D eigenvalue weighted by Crippen LogP contribution is 2.34. The molecule has 1 aromatic heterocycles. The van der Waals surface area contributed by atoms with Crippen LogP contribution in [0.25, 0.3) is 5.69 Å². The van der Waals surface area contributed by atoms with Crippen LogP contribution in [0.2, 0.25) is 0 Å². The van der Waals surface area contributed by atoms with Crippen molar-refractivity contribution in [3.63, 3.8) is 0 Å². The second-order valence-corrected chi connectivity index (χ2v) is 9.23. The fraction of sp³-hybridized carbons (Fsp3) is 0.259. The van der Waals surface area contributed by atoms with E-state index < -0.39 is 0 Å². The van der Waals surface area contributed by atoms with Crippen molar-refractivity contribution in [3.05, 3.63) is 86.7 Å². The zero-order valence-corrected chi connectivity index (χ0v) is 22.1. The fourth-order valence-electron chi connectivity index (χ4n) is 4.04. The molecule has 1 heterocycles. The number of amides is 1. The molecular weight excluding hydrogens is 474 g/mol. The van der Waals surface area contributed by atoms with Crippen molar-refractivity contribution >= 4 is 23.8 Å². The second-order valence-electron chi connectivity index (χ2n) is 8.86. The first-order valence-corrected chi connectivity index (χ1v) is 11.9. The van der Waals surface area contributed by atoms with Gasteiger partial charge in [0.25, 0.3) is 0 Å². The van der Waals surface area contributed by atoms with E-state index in [1.54, 1.807) is 16.8 Å². The highest BCUT2D eigenvalue weighted by Gasteiger charge is 2.16. The van der Waals surface area contributed by atoms with Gasteiger partial charge >= 0.3 is 0 Å². The van der Waals surface area contributed by atoms with Gasteiger partial charge in [-0.1, -0.05) is 35.4 Å². The number of tetrazole rings is 1. The molecule has 0 saturated heterocycles. The van der Waals surface area contributed by atoms with Crippen molar-refractivity contribution in [2.45, 2.75) is 47.5 Å². The van der Waals surface area contributed by atoms with Crippen molar-refractivity contribution in [2.75, 3.05) is 5.32 Å².